The van der Waals surface area contributed by atoms with Crippen LogP contribution in [-0.2, 0) is 0 Å². The summed E-state index contributed by atoms with van der Waals surface area (Å²) in [5.74, 6) is -1.28. The van der Waals surface area contributed by atoms with Gasteiger partial charge in [-0.25, -0.2) is 4.79 Å². The molecule has 0 saturated heterocycles. The molecular formula is C14H10INO3. The maximum atomic E-state index is 12.1. The normalized spacial score (nSPS) is 9.95. The number of anilines is 1. The Morgan fingerprint density at radius 3 is 2.47 bits per heavy atom. The molecule has 0 atom stereocenters. The molecule has 19 heavy (non-hydrogen) atoms. The molecule has 0 spiro atoms. The van der Waals surface area contributed by atoms with E-state index in [9.17, 15) is 9.59 Å². The first-order valence-corrected chi connectivity index (χ1v) is 6.55. The van der Waals surface area contributed by atoms with E-state index in [1.165, 1.54) is 12.1 Å². The van der Waals surface area contributed by atoms with Crippen molar-refractivity contribution in [2.75, 3.05) is 5.32 Å². The maximum Gasteiger partial charge on any atom is 0.335 e. The summed E-state index contributed by atoms with van der Waals surface area (Å²) in [7, 11) is 0. The van der Waals surface area contributed by atoms with E-state index in [1.54, 1.807) is 24.3 Å². The van der Waals surface area contributed by atoms with Gasteiger partial charge in [0.25, 0.3) is 5.91 Å². The predicted octanol–water partition coefficient (Wildman–Crippen LogP) is 3.24. The van der Waals surface area contributed by atoms with Gasteiger partial charge in [-0.2, -0.15) is 0 Å². The van der Waals surface area contributed by atoms with Gasteiger partial charge in [-0.1, -0.05) is 18.2 Å². The molecule has 2 rings (SSSR count). The lowest BCUT2D eigenvalue weighted by molar-refractivity contribution is 0.0696. The Hall–Kier alpha value is -1.89. The number of benzene rings is 2. The summed E-state index contributed by atoms with van der Waals surface area (Å²) in [6.07, 6.45) is 0. The molecule has 96 valence electrons. The number of carbonyl (C=O) groups is 2. The summed E-state index contributed by atoms with van der Waals surface area (Å²) < 4.78 is 0.840. The van der Waals surface area contributed by atoms with Crippen LogP contribution in [0.2, 0.25) is 0 Å². The summed E-state index contributed by atoms with van der Waals surface area (Å²) in [6, 6.07) is 13.3. The van der Waals surface area contributed by atoms with E-state index in [2.05, 4.69) is 27.9 Å². The Morgan fingerprint density at radius 1 is 1.05 bits per heavy atom. The highest BCUT2D eigenvalue weighted by atomic mass is 127. The lowest BCUT2D eigenvalue weighted by Gasteiger charge is -2.07. The lowest BCUT2D eigenvalue weighted by atomic mass is 10.2. The zero-order chi connectivity index (χ0) is 13.8. The average Bonchev–Trinajstić information content (AvgIpc) is 2.39. The number of hydrogen-bond acceptors (Lipinski definition) is 2. The highest BCUT2D eigenvalue weighted by molar-refractivity contribution is 14.1. The van der Waals surface area contributed by atoms with Crippen molar-refractivity contribution >= 4 is 40.2 Å². The fraction of sp³-hybridized carbons (Fsp3) is 0. The number of amides is 1. The van der Waals surface area contributed by atoms with Crippen molar-refractivity contribution in [1.29, 1.82) is 0 Å². The number of rotatable bonds is 3. The van der Waals surface area contributed by atoms with Gasteiger partial charge in [-0.05, 0) is 52.9 Å². The average molecular weight is 367 g/mol. The maximum absolute atomic E-state index is 12.1. The Bertz CT molecular complexity index is 640. The van der Waals surface area contributed by atoms with Crippen LogP contribution >= 0.6 is 22.6 Å². The first-order chi connectivity index (χ1) is 9.08. The number of carbonyl (C=O) groups excluding carboxylic acids is 1. The van der Waals surface area contributed by atoms with Gasteiger partial charge in [0, 0.05) is 9.26 Å². The van der Waals surface area contributed by atoms with Crippen molar-refractivity contribution in [2.24, 2.45) is 0 Å². The molecule has 5 heteroatoms. The Morgan fingerprint density at radius 2 is 1.79 bits per heavy atom. The highest BCUT2D eigenvalue weighted by Crippen LogP contribution is 2.15. The topological polar surface area (TPSA) is 66.4 Å². The molecule has 0 saturated carbocycles. The summed E-state index contributed by atoms with van der Waals surface area (Å²) in [5, 5.41) is 11.6. The third-order valence-corrected chi connectivity index (χ3v) is 3.43. The number of hydrogen-bond donors (Lipinski definition) is 2. The quantitative estimate of drug-likeness (QED) is 0.819. The van der Waals surface area contributed by atoms with E-state index in [-0.39, 0.29) is 11.5 Å². The van der Waals surface area contributed by atoms with Crippen LogP contribution in [0.5, 0.6) is 0 Å². The summed E-state index contributed by atoms with van der Waals surface area (Å²) in [6.45, 7) is 0. The molecule has 0 unspecified atom stereocenters. The molecule has 0 aliphatic rings. The summed E-state index contributed by atoms with van der Waals surface area (Å²) in [4.78, 5) is 22.9. The van der Waals surface area contributed by atoms with Crippen molar-refractivity contribution in [1.82, 2.24) is 0 Å². The van der Waals surface area contributed by atoms with Crippen LogP contribution in [0, 0.1) is 3.57 Å². The number of aromatic carboxylic acids is 1. The third kappa shape index (κ3) is 3.31. The standard InChI is InChI=1S/C14H10INO3/c15-12-7-2-1-6-11(12)13(17)16-10-5-3-4-9(8-10)14(18)19/h1-8H,(H,16,17)(H,18,19). The second kappa shape index (κ2) is 5.83. The molecule has 0 aliphatic carbocycles. The molecular weight excluding hydrogens is 357 g/mol. The first kappa shape index (κ1) is 13.5. The van der Waals surface area contributed by atoms with Gasteiger partial charge in [0.1, 0.15) is 0 Å². The Balaban J connectivity index is 2.22. The van der Waals surface area contributed by atoms with E-state index in [1.807, 2.05) is 12.1 Å². The monoisotopic (exact) mass is 367 g/mol. The van der Waals surface area contributed by atoms with Crippen LogP contribution in [0.4, 0.5) is 5.69 Å². The predicted molar refractivity (Wildman–Crippen MR) is 80.5 cm³/mol. The van der Waals surface area contributed by atoms with Crippen molar-refractivity contribution < 1.29 is 14.7 Å². The smallest absolute Gasteiger partial charge is 0.335 e. The SMILES string of the molecule is O=C(O)c1cccc(NC(=O)c2ccccc2I)c1. The molecule has 0 aromatic heterocycles. The van der Waals surface area contributed by atoms with Crippen LogP contribution in [0.1, 0.15) is 20.7 Å². The number of carboxylic acids is 1. The summed E-state index contributed by atoms with van der Waals surface area (Å²) >= 11 is 2.08. The Labute approximate surface area is 123 Å². The molecule has 0 aliphatic heterocycles. The Kier molecular flexibility index (Phi) is 4.16. The van der Waals surface area contributed by atoms with Gasteiger partial charge < -0.3 is 10.4 Å². The van der Waals surface area contributed by atoms with Crippen LogP contribution < -0.4 is 5.32 Å². The molecule has 4 nitrogen and oxygen atoms in total. The minimum absolute atomic E-state index is 0.139. The molecule has 2 aromatic rings. The highest BCUT2D eigenvalue weighted by Gasteiger charge is 2.10. The van der Waals surface area contributed by atoms with Crippen molar-refractivity contribution in [2.45, 2.75) is 0 Å². The minimum Gasteiger partial charge on any atom is -0.478 e. The van der Waals surface area contributed by atoms with Crippen molar-refractivity contribution in [3.8, 4) is 0 Å². The van der Waals surface area contributed by atoms with Crippen LogP contribution in [0.15, 0.2) is 48.5 Å². The molecule has 2 aromatic carbocycles. The van der Waals surface area contributed by atoms with E-state index >= 15 is 0 Å². The zero-order valence-corrected chi connectivity index (χ0v) is 11.9. The molecule has 0 fully saturated rings. The van der Waals surface area contributed by atoms with E-state index < -0.39 is 5.97 Å². The van der Waals surface area contributed by atoms with Crippen molar-refractivity contribution in [3.05, 3.63) is 63.2 Å². The molecule has 0 heterocycles. The zero-order valence-electron chi connectivity index (χ0n) is 9.76. The van der Waals surface area contributed by atoms with E-state index in [0.29, 0.717) is 11.3 Å². The lowest BCUT2D eigenvalue weighted by Crippen LogP contribution is -2.13. The van der Waals surface area contributed by atoms with Gasteiger partial charge in [-0.15, -0.1) is 0 Å². The van der Waals surface area contributed by atoms with Crippen LogP contribution in [0.25, 0.3) is 0 Å². The van der Waals surface area contributed by atoms with Crippen LogP contribution in [-0.4, -0.2) is 17.0 Å². The summed E-state index contributed by atoms with van der Waals surface area (Å²) in [5.41, 5.74) is 1.16. The molecule has 2 N–H and O–H groups in total. The third-order valence-electron chi connectivity index (χ3n) is 2.49. The second-order valence-corrected chi connectivity index (χ2v) is 4.98. The van der Waals surface area contributed by atoms with Gasteiger partial charge in [0.05, 0.1) is 11.1 Å². The van der Waals surface area contributed by atoms with Gasteiger partial charge in [0.15, 0.2) is 0 Å². The van der Waals surface area contributed by atoms with Crippen molar-refractivity contribution in [3.63, 3.8) is 0 Å². The van der Waals surface area contributed by atoms with E-state index in [4.69, 9.17) is 5.11 Å². The second-order valence-electron chi connectivity index (χ2n) is 3.82. The van der Waals surface area contributed by atoms with Gasteiger partial charge in [0.2, 0.25) is 0 Å². The largest absolute Gasteiger partial charge is 0.478 e. The van der Waals surface area contributed by atoms with Crippen LogP contribution in [0.3, 0.4) is 0 Å². The molecule has 0 radical (unpaired) electrons. The molecule has 1 amide bonds. The molecule has 0 bridgehead atoms. The van der Waals surface area contributed by atoms with Gasteiger partial charge in [-0.3, -0.25) is 4.79 Å². The van der Waals surface area contributed by atoms with Gasteiger partial charge >= 0.3 is 5.97 Å². The number of halogens is 1. The fourth-order valence-electron chi connectivity index (χ4n) is 1.57. The minimum atomic E-state index is -1.02. The first-order valence-electron chi connectivity index (χ1n) is 5.47. The van der Waals surface area contributed by atoms with E-state index in [0.717, 1.165) is 3.57 Å². The number of nitrogens with one attached hydrogen (secondary N) is 1. The number of carboxylic acid groups (broad SMARTS) is 1. The fourth-order valence-corrected chi connectivity index (χ4v) is 2.21.